The molecule has 0 aliphatic heterocycles. The third-order valence-electron chi connectivity index (χ3n) is 0.967. The lowest BCUT2D eigenvalue weighted by Crippen LogP contribution is -1.60. The van der Waals surface area contributed by atoms with Crippen molar-refractivity contribution in [1.29, 1.82) is 0 Å². The van der Waals surface area contributed by atoms with E-state index in [0.717, 1.165) is 0 Å². The molecule has 10 heavy (non-hydrogen) atoms. The van der Waals surface area contributed by atoms with Crippen LogP contribution in [-0.4, -0.2) is 0 Å². The standard InChI is InChI=1S/C6H3Cl3O/c1-2-3-4(7)5(8)6(9)10-3/h2H,1H2. The highest BCUT2D eigenvalue weighted by molar-refractivity contribution is 6.48. The Morgan fingerprint density at radius 2 is 1.80 bits per heavy atom. The highest BCUT2D eigenvalue weighted by Crippen LogP contribution is 2.35. The van der Waals surface area contributed by atoms with Crippen LogP contribution in [0.5, 0.6) is 0 Å². The summed E-state index contributed by atoms with van der Waals surface area (Å²) in [4.78, 5) is 0. The first kappa shape index (κ1) is 7.99. The lowest BCUT2D eigenvalue weighted by Gasteiger charge is -1.81. The van der Waals surface area contributed by atoms with E-state index in [1.165, 1.54) is 6.08 Å². The van der Waals surface area contributed by atoms with Gasteiger partial charge in [0.2, 0.25) is 5.22 Å². The van der Waals surface area contributed by atoms with Crippen molar-refractivity contribution in [3.63, 3.8) is 0 Å². The first-order valence-corrected chi connectivity index (χ1v) is 3.56. The van der Waals surface area contributed by atoms with Crippen molar-refractivity contribution >= 4 is 40.9 Å². The fraction of sp³-hybridized carbons (Fsp3) is 0. The smallest absolute Gasteiger partial charge is 0.214 e. The van der Waals surface area contributed by atoms with Gasteiger partial charge in [0.1, 0.15) is 15.8 Å². The summed E-state index contributed by atoms with van der Waals surface area (Å²) in [6.45, 7) is 3.45. The van der Waals surface area contributed by atoms with Crippen molar-refractivity contribution in [3.8, 4) is 0 Å². The monoisotopic (exact) mass is 196 g/mol. The van der Waals surface area contributed by atoms with E-state index < -0.39 is 0 Å². The van der Waals surface area contributed by atoms with Gasteiger partial charge in [0.05, 0.1) is 0 Å². The minimum absolute atomic E-state index is 0.0987. The second kappa shape index (κ2) is 2.87. The number of hydrogen-bond acceptors (Lipinski definition) is 1. The Bertz CT molecular complexity index is 264. The van der Waals surface area contributed by atoms with Crippen LogP contribution in [0.25, 0.3) is 6.08 Å². The topological polar surface area (TPSA) is 13.1 Å². The molecule has 54 valence electrons. The summed E-state index contributed by atoms with van der Waals surface area (Å²) < 4.78 is 4.88. The second-order valence-corrected chi connectivity index (χ2v) is 2.67. The Morgan fingerprint density at radius 1 is 1.20 bits per heavy atom. The molecule has 0 unspecified atom stereocenters. The molecule has 0 saturated carbocycles. The van der Waals surface area contributed by atoms with Gasteiger partial charge >= 0.3 is 0 Å². The summed E-state index contributed by atoms with van der Waals surface area (Å²) in [5, 5.41) is 0.640. The molecular formula is C6H3Cl3O. The van der Waals surface area contributed by atoms with Gasteiger partial charge in [-0.15, -0.1) is 0 Å². The van der Waals surface area contributed by atoms with E-state index in [0.29, 0.717) is 10.8 Å². The van der Waals surface area contributed by atoms with Gasteiger partial charge in [-0.2, -0.15) is 0 Å². The number of hydrogen-bond donors (Lipinski definition) is 0. The van der Waals surface area contributed by atoms with Crippen molar-refractivity contribution in [2.75, 3.05) is 0 Å². The van der Waals surface area contributed by atoms with Crippen molar-refractivity contribution in [3.05, 3.63) is 27.6 Å². The number of halogens is 3. The molecule has 0 aromatic carbocycles. The molecule has 0 aliphatic carbocycles. The molecule has 1 heterocycles. The first-order chi connectivity index (χ1) is 4.66. The summed E-state index contributed by atoms with van der Waals surface area (Å²) in [5.74, 6) is 0.400. The Balaban J connectivity index is 3.30. The van der Waals surface area contributed by atoms with Gasteiger partial charge < -0.3 is 4.42 Å². The van der Waals surface area contributed by atoms with Gasteiger partial charge in [0.15, 0.2) is 0 Å². The van der Waals surface area contributed by atoms with E-state index in [1.807, 2.05) is 0 Å². The van der Waals surface area contributed by atoms with Gasteiger partial charge in [0, 0.05) is 0 Å². The average molecular weight is 197 g/mol. The molecule has 0 aliphatic rings. The molecule has 1 rings (SSSR count). The van der Waals surface area contributed by atoms with E-state index >= 15 is 0 Å². The molecule has 0 N–H and O–H groups in total. The number of furan rings is 1. The highest BCUT2D eigenvalue weighted by Gasteiger charge is 2.12. The second-order valence-electron chi connectivity index (χ2n) is 1.57. The van der Waals surface area contributed by atoms with E-state index in [1.54, 1.807) is 0 Å². The Labute approximate surface area is 73.2 Å². The predicted molar refractivity (Wildman–Crippen MR) is 43.8 cm³/mol. The van der Waals surface area contributed by atoms with Crippen LogP contribution in [-0.2, 0) is 0 Å². The third kappa shape index (κ3) is 1.17. The van der Waals surface area contributed by atoms with E-state index in [2.05, 4.69) is 6.58 Å². The van der Waals surface area contributed by atoms with Crippen molar-refractivity contribution in [2.24, 2.45) is 0 Å². The van der Waals surface area contributed by atoms with Gasteiger partial charge in [-0.25, -0.2) is 0 Å². The summed E-state index contributed by atoms with van der Waals surface area (Å²) in [6.07, 6.45) is 1.44. The molecule has 0 saturated heterocycles. The lowest BCUT2D eigenvalue weighted by atomic mass is 10.4. The fourth-order valence-electron chi connectivity index (χ4n) is 0.512. The van der Waals surface area contributed by atoms with Crippen LogP contribution in [0, 0.1) is 0 Å². The van der Waals surface area contributed by atoms with Crippen LogP contribution in [0.4, 0.5) is 0 Å². The largest absolute Gasteiger partial charge is 0.442 e. The molecule has 1 aromatic rings. The molecule has 0 spiro atoms. The van der Waals surface area contributed by atoms with E-state index in [4.69, 9.17) is 39.2 Å². The van der Waals surface area contributed by atoms with Crippen molar-refractivity contribution in [2.45, 2.75) is 0 Å². The highest BCUT2D eigenvalue weighted by atomic mass is 35.5. The van der Waals surface area contributed by atoms with Crippen LogP contribution in [0.3, 0.4) is 0 Å². The van der Waals surface area contributed by atoms with Crippen LogP contribution < -0.4 is 0 Å². The molecule has 0 fully saturated rings. The van der Waals surface area contributed by atoms with Crippen LogP contribution in [0.1, 0.15) is 5.76 Å². The fourth-order valence-corrected chi connectivity index (χ4v) is 1.07. The van der Waals surface area contributed by atoms with Crippen LogP contribution in [0.15, 0.2) is 11.0 Å². The summed E-state index contributed by atoms with van der Waals surface area (Å²) in [5.41, 5.74) is 0. The SMILES string of the molecule is C=Cc1oc(Cl)c(Cl)c1Cl. The third-order valence-corrected chi connectivity index (χ3v) is 2.16. The molecule has 4 heteroatoms. The van der Waals surface area contributed by atoms with Gasteiger partial charge in [0.25, 0.3) is 0 Å². The summed E-state index contributed by atoms with van der Waals surface area (Å²) >= 11 is 16.7. The Kier molecular flexibility index (Phi) is 2.29. The normalized spacial score (nSPS) is 9.90. The zero-order chi connectivity index (χ0) is 7.72. The van der Waals surface area contributed by atoms with Crippen molar-refractivity contribution in [1.82, 2.24) is 0 Å². The maximum atomic E-state index is 5.63. The predicted octanol–water partition coefficient (Wildman–Crippen LogP) is 3.88. The minimum atomic E-state index is 0.0987. The van der Waals surface area contributed by atoms with Crippen LogP contribution in [0.2, 0.25) is 15.3 Å². The van der Waals surface area contributed by atoms with Gasteiger partial charge in [-0.05, 0) is 17.7 Å². The minimum Gasteiger partial charge on any atom is -0.442 e. The molecular weight excluding hydrogens is 194 g/mol. The zero-order valence-corrected chi connectivity index (χ0v) is 7.09. The van der Waals surface area contributed by atoms with E-state index in [-0.39, 0.29) is 10.2 Å². The maximum Gasteiger partial charge on any atom is 0.214 e. The first-order valence-electron chi connectivity index (χ1n) is 2.42. The Morgan fingerprint density at radius 3 is 2.00 bits per heavy atom. The van der Waals surface area contributed by atoms with Gasteiger partial charge in [-0.1, -0.05) is 29.8 Å². The molecule has 1 nitrogen and oxygen atoms in total. The molecule has 0 amide bonds. The van der Waals surface area contributed by atoms with Crippen molar-refractivity contribution < 1.29 is 4.42 Å². The average Bonchev–Trinajstić information content (AvgIpc) is 2.17. The van der Waals surface area contributed by atoms with Gasteiger partial charge in [-0.3, -0.25) is 0 Å². The quantitative estimate of drug-likeness (QED) is 0.666. The molecule has 0 radical (unpaired) electrons. The Hall–Kier alpha value is -0.110. The summed E-state index contributed by atoms with van der Waals surface area (Å²) in [6, 6.07) is 0. The summed E-state index contributed by atoms with van der Waals surface area (Å²) in [7, 11) is 0. The zero-order valence-electron chi connectivity index (χ0n) is 4.83. The molecule has 1 aromatic heterocycles. The lowest BCUT2D eigenvalue weighted by molar-refractivity contribution is 0.559. The maximum absolute atomic E-state index is 5.63. The molecule has 0 bridgehead atoms. The molecule has 0 atom stereocenters. The van der Waals surface area contributed by atoms with Crippen LogP contribution >= 0.6 is 34.8 Å². The number of rotatable bonds is 1. The van der Waals surface area contributed by atoms with E-state index in [9.17, 15) is 0 Å².